The zero-order valence-electron chi connectivity index (χ0n) is 9.26. The highest BCUT2D eigenvalue weighted by Gasteiger charge is 2.16. The van der Waals surface area contributed by atoms with Crippen LogP contribution in [-0.4, -0.2) is 18.3 Å². The summed E-state index contributed by atoms with van der Waals surface area (Å²) in [6.07, 6.45) is 0. The minimum Gasteiger partial charge on any atom is -0.493 e. The number of halogens is 1. The van der Waals surface area contributed by atoms with Gasteiger partial charge in [0.25, 0.3) is 0 Å². The Morgan fingerprint density at radius 1 is 1.33 bits per heavy atom. The van der Waals surface area contributed by atoms with Crippen molar-refractivity contribution in [2.45, 2.75) is 20.8 Å². The van der Waals surface area contributed by atoms with Crippen LogP contribution in [0.1, 0.15) is 28.4 Å². The summed E-state index contributed by atoms with van der Waals surface area (Å²) in [7, 11) is 0. The van der Waals surface area contributed by atoms with Crippen molar-refractivity contribution in [3.8, 4) is 5.75 Å². The van der Waals surface area contributed by atoms with Gasteiger partial charge in [0.15, 0.2) is 5.78 Å². The Hall–Kier alpha value is -1.02. The van der Waals surface area contributed by atoms with Gasteiger partial charge in [-0.25, -0.2) is 0 Å². The zero-order chi connectivity index (χ0) is 11.4. The van der Waals surface area contributed by atoms with E-state index in [4.69, 9.17) is 16.3 Å². The maximum atomic E-state index is 11.7. The lowest BCUT2D eigenvalue weighted by molar-refractivity contribution is 0.101. The summed E-state index contributed by atoms with van der Waals surface area (Å²) in [4.78, 5) is 11.7. The number of hydrogen-bond donors (Lipinski definition) is 0. The molecule has 1 aromatic carbocycles. The van der Waals surface area contributed by atoms with E-state index in [9.17, 15) is 4.79 Å². The van der Waals surface area contributed by atoms with Gasteiger partial charge in [-0.1, -0.05) is 12.1 Å². The molecule has 0 aromatic heterocycles. The molecule has 15 heavy (non-hydrogen) atoms. The first-order valence-corrected chi connectivity index (χ1v) is 5.47. The van der Waals surface area contributed by atoms with Crippen molar-refractivity contribution in [1.82, 2.24) is 0 Å². The molecule has 3 heteroatoms. The van der Waals surface area contributed by atoms with Crippen molar-refractivity contribution in [3.05, 3.63) is 28.8 Å². The van der Waals surface area contributed by atoms with E-state index in [-0.39, 0.29) is 11.7 Å². The Bertz CT molecular complexity index is 372. The Morgan fingerprint density at radius 3 is 2.47 bits per heavy atom. The lowest BCUT2D eigenvalue weighted by Gasteiger charge is -2.13. The standard InChI is InChI=1S/C12H15ClO2/c1-4-15-12-9(3)6-5-8(2)11(12)10(14)7-13/h5-6H,4,7H2,1-3H3. The van der Waals surface area contributed by atoms with Crippen LogP contribution < -0.4 is 4.74 Å². The molecule has 82 valence electrons. The molecule has 0 aliphatic carbocycles. The summed E-state index contributed by atoms with van der Waals surface area (Å²) in [5, 5.41) is 0. The third-order valence-electron chi connectivity index (χ3n) is 2.25. The second-order valence-corrected chi connectivity index (χ2v) is 3.66. The number of rotatable bonds is 4. The molecular formula is C12H15ClO2. The molecule has 0 fully saturated rings. The number of carbonyl (C=O) groups is 1. The van der Waals surface area contributed by atoms with Crippen LogP contribution in [0.5, 0.6) is 5.75 Å². The molecule has 0 atom stereocenters. The van der Waals surface area contributed by atoms with Gasteiger partial charge in [0.1, 0.15) is 5.75 Å². The maximum Gasteiger partial charge on any atom is 0.181 e. The molecular weight excluding hydrogens is 212 g/mol. The molecule has 0 saturated heterocycles. The fourth-order valence-electron chi connectivity index (χ4n) is 1.53. The van der Waals surface area contributed by atoms with E-state index in [0.29, 0.717) is 17.9 Å². The molecule has 0 saturated carbocycles. The molecule has 0 amide bonds. The Kier molecular flexibility index (Phi) is 4.15. The first-order chi connectivity index (χ1) is 7.11. The highest BCUT2D eigenvalue weighted by molar-refractivity contribution is 6.31. The van der Waals surface area contributed by atoms with E-state index in [1.807, 2.05) is 32.9 Å². The number of ether oxygens (including phenoxy) is 1. The van der Waals surface area contributed by atoms with Gasteiger partial charge in [-0.05, 0) is 31.9 Å². The van der Waals surface area contributed by atoms with Gasteiger partial charge < -0.3 is 4.74 Å². The fraction of sp³-hybridized carbons (Fsp3) is 0.417. The first kappa shape index (κ1) is 12.1. The lowest BCUT2D eigenvalue weighted by Crippen LogP contribution is -2.08. The molecule has 0 N–H and O–H groups in total. The van der Waals surface area contributed by atoms with Gasteiger partial charge in [0.2, 0.25) is 0 Å². The van der Waals surface area contributed by atoms with Crippen LogP contribution in [0, 0.1) is 13.8 Å². The van der Waals surface area contributed by atoms with Crippen molar-refractivity contribution in [1.29, 1.82) is 0 Å². The average Bonchev–Trinajstić information content (AvgIpc) is 2.23. The smallest absolute Gasteiger partial charge is 0.181 e. The predicted octanol–water partition coefficient (Wildman–Crippen LogP) is 3.12. The van der Waals surface area contributed by atoms with Crippen molar-refractivity contribution in [2.75, 3.05) is 12.5 Å². The van der Waals surface area contributed by atoms with Crippen molar-refractivity contribution in [2.24, 2.45) is 0 Å². The van der Waals surface area contributed by atoms with Crippen LogP contribution in [-0.2, 0) is 0 Å². The van der Waals surface area contributed by atoms with E-state index in [1.54, 1.807) is 0 Å². The molecule has 0 radical (unpaired) electrons. The van der Waals surface area contributed by atoms with Crippen molar-refractivity contribution >= 4 is 17.4 Å². The van der Waals surface area contributed by atoms with Crippen LogP contribution in [0.15, 0.2) is 12.1 Å². The van der Waals surface area contributed by atoms with Crippen LogP contribution in [0.3, 0.4) is 0 Å². The molecule has 0 bridgehead atoms. The van der Waals surface area contributed by atoms with Crippen LogP contribution in [0.25, 0.3) is 0 Å². The monoisotopic (exact) mass is 226 g/mol. The van der Waals surface area contributed by atoms with Gasteiger partial charge in [-0.15, -0.1) is 11.6 Å². The number of hydrogen-bond acceptors (Lipinski definition) is 2. The van der Waals surface area contributed by atoms with Gasteiger partial charge in [0, 0.05) is 0 Å². The molecule has 0 aliphatic heterocycles. The average molecular weight is 227 g/mol. The van der Waals surface area contributed by atoms with E-state index in [0.717, 1.165) is 11.1 Å². The Balaban J connectivity index is 3.31. The number of carbonyl (C=O) groups excluding carboxylic acids is 1. The largest absolute Gasteiger partial charge is 0.493 e. The fourth-order valence-corrected chi connectivity index (χ4v) is 1.66. The molecule has 1 rings (SSSR count). The molecule has 0 heterocycles. The van der Waals surface area contributed by atoms with Gasteiger partial charge >= 0.3 is 0 Å². The number of ketones is 1. The quantitative estimate of drug-likeness (QED) is 0.583. The summed E-state index contributed by atoms with van der Waals surface area (Å²) in [6, 6.07) is 3.86. The minimum atomic E-state index is -0.0821. The molecule has 0 spiro atoms. The lowest BCUT2D eigenvalue weighted by atomic mass is 10.0. The summed E-state index contributed by atoms with van der Waals surface area (Å²) in [6.45, 7) is 6.26. The maximum absolute atomic E-state index is 11.7. The molecule has 0 aliphatic rings. The van der Waals surface area contributed by atoms with Crippen LogP contribution in [0.2, 0.25) is 0 Å². The summed E-state index contributed by atoms with van der Waals surface area (Å²) in [5.41, 5.74) is 2.50. The number of benzene rings is 1. The molecule has 1 aromatic rings. The number of aryl methyl sites for hydroxylation is 2. The minimum absolute atomic E-state index is 0.00956. The number of Topliss-reactive ketones (excluding diaryl/α,β-unsaturated/α-hetero) is 1. The summed E-state index contributed by atoms with van der Waals surface area (Å²) >= 11 is 5.58. The zero-order valence-corrected chi connectivity index (χ0v) is 10.0. The molecule has 2 nitrogen and oxygen atoms in total. The Labute approximate surface area is 95.2 Å². The third kappa shape index (κ3) is 2.51. The van der Waals surface area contributed by atoms with Gasteiger partial charge in [-0.2, -0.15) is 0 Å². The summed E-state index contributed by atoms with van der Waals surface area (Å²) < 4.78 is 5.49. The highest BCUT2D eigenvalue weighted by atomic mass is 35.5. The van der Waals surface area contributed by atoms with E-state index < -0.39 is 0 Å². The number of alkyl halides is 1. The van der Waals surface area contributed by atoms with Crippen molar-refractivity contribution < 1.29 is 9.53 Å². The van der Waals surface area contributed by atoms with Gasteiger partial charge in [-0.3, -0.25) is 4.79 Å². The molecule has 0 unspecified atom stereocenters. The highest BCUT2D eigenvalue weighted by Crippen LogP contribution is 2.27. The normalized spacial score (nSPS) is 10.1. The predicted molar refractivity (Wildman–Crippen MR) is 62.1 cm³/mol. The first-order valence-electron chi connectivity index (χ1n) is 4.94. The Morgan fingerprint density at radius 2 is 1.93 bits per heavy atom. The van der Waals surface area contributed by atoms with Crippen molar-refractivity contribution in [3.63, 3.8) is 0 Å². The summed E-state index contributed by atoms with van der Waals surface area (Å²) in [5.74, 6) is 0.578. The van der Waals surface area contributed by atoms with E-state index >= 15 is 0 Å². The second kappa shape index (κ2) is 5.17. The van der Waals surface area contributed by atoms with E-state index in [1.165, 1.54) is 0 Å². The topological polar surface area (TPSA) is 26.3 Å². The van der Waals surface area contributed by atoms with Gasteiger partial charge in [0.05, 0.1) is 18.1 Å². The SMILES string of the molecule is CCOc1c(C)ccc(C)c1C(=O)CCl. The van der Waals surface area contributed by atoms with Crippen LogP contribution in [0.4, 0.5) is 0 Å². The van der Waals surface area contributed by atoms with E-state index in [2.05, 4.69) is 0 Å². The van der Waals surface area contributed by atoms with Crippen LogP contribution >= 0.6 is 11.6 Å². The third-order valence-corrected chi connectivity index (χ3v) is 2.49. The second-order valence-electron chi connectivity index (χ2n) is 3.39.